The predicted molar refractivity (Wildman–Crippen MR) is 69.3 cm³/mol. The number of rotatable bonds is 1. The van der Waals surface area contributed by atoms with Gasteiger partial charge < -0.3 is 5.11 Å². The Hall–Kier alpha value is -1.02. The molecule has 3 rings (SSSR count). The van der Waals surface area contributed by atoms with Crippen LogP contribution in [0, 0.1) is 0 Å². The Morgan fingerprint density at radius 2 is 2.06 bits per heavy atom. The highest BCUT2D eigenvalue weighted by Crippen LogP contribution is 2.34. The van der Waals surface area contributed by atoms with Gasteiger partial charge in [-0.3, -0.25) is 4.90 Å². The Morgan fingerprint density at radius 1 is 1.12 bits per heavy atom. The smallest absolute Gasteiger partial charge is 0.115 e. The molecule has 1 N–H and O–H groups in total. The van der Waals surface area contributed by atoms with Gasteiger partial charge in [-0.05, 0) is 55.8 Å². The van der Waals surface area contributed by atoms with Gasteiger partial charge in [-0.1, -0.05) is 18.6 Å². The molecule has 2 heteroatoms. The van der Waals surface area contributed by atoms with Crippen LogP contribution in [0.15, 0.2) is 24.3 Å². The second kappa shape index (κ2) is 4.69. The van der Waals surface area contributed by atoms with E-state index >= 15 is 0 Å². The summed E-state index contributed by atoms with van der Waals surface area (Å²) in [5.41, 5.74) is 1.31. The summed E-state index contributed by atoms with van der Waals surface area (Å²) in [4.78, 5) is 2.67. The van der Waals surface area contributed by atoms with Gasteiger partial charge in [0.25, 0.3) is 0 Å². The van der Waals surface area contributed by atoms with Crippen molar-refractivity contribution in [1.82, 2.24) is 4.90 Å². The minimum absolute atomic E-state index is 0.406. The third-order valence-corrected chi connectivity index (χ3v) is 4.39. The van der Waals surface area contributed by atoms with Crippen LogP contribution in [0.4, 0.5) is 0 Å². The average molecular weight is 231 g/mol. The van der Waals surface area contributed by atoms with E-state index < -0.39 is 0 Å². The molecule has 0 spiro atoms. The first kappa shape index (κ1) is 11.1. The molecule has 2 aliphatic rings. The molecule has 2 atom stereocenters. The molecule has 1 aromatic carbocycles. The van der Waals surface area contributed by atoms with E-state index in [1.54, 1.807) is 6.07 Å². The van der Waals surface area contributed by atoms with E-state index in [-0.39, 0.29) is 0 Å². The molecule has 92 valence electrons. The summed E-state index contributed by atoms with van der Waals surface area (Å²) in [5, 5.41) is 9.56. The van der Waals surface area contributed by atoms with Gasteiger partial charge in [0.15, 0.2) is 0 Å². The van der Waals surface area contributed by atoms with Crippen molar-refractivity contribution in [2.75, 3.05) is 13.1 Å². The maximum atomic E-state index is 9.56. The zero-order chi connectivity index (χ0) is 11.7. The summed E-state index contributed by atoms with van der Waals surface area (Å²) in [7, 11) is 0. The molecule has 0 aromatic heterocycles. The molecule has 17 heavy (non-hydrogen) atoms. The van der Waals surface area contributed by atoms with Gasteiger partial charge >= 0.3 is 0 Å². The molecule has 0 saturated carbocycles. The lowest BCUT2D eigenvalue weighted by atomic mass is 9.84. The monoisotopic (exact) mass is 231 g/mol. The highest BCUT2D eigenvalue weighted by atomic mass is 16.3. The van der Waals surface area contributed by atoms with Crippen LogP contribution in [0.2, 0.25) is 0 Å². The van der Waals surface area contributed by atoms with Crippen LogP contribution in [-0.2, 0) is 0 Å². The minimum atomic E-state index is 0.406. The summed E-state index contributed by atoms with van der Waals surface area (Å²) in [6.45, 7) is 2.47. The molecule has 0 unspecified atom stereocenters. The van der Waals surface area contributed by atoms with Crippen molar-refractivity contribution in [3.63, 3.8) is 0 Å². The van der Waals surface area contributed by atoms with Gasteiger partial charge in [-0.15, -0.1) is 0 Å². The number of benzene rings is 1. The van der Waals surface area contributed by atoms with Crippen LogP contribution < -0.4 is 0 Å². The molecule has 2 nitrogen and oxygen atoms in total. The van der Waals surface area contributed by atoms with Crippen LogP contribution >= 0.6 is 0 Å². The van der Waals surface area contributed by atoms with E-state index in [1.165, 1.54) is 50.8 Å². The van der Waals surface area contributed by atoms with E-state index in [2.05, 4.69) is 11.0 Å². The van der Waals surface area contributed by atoms with Gasteiger partial charge in [-0.25, -0.2) is 0 Å². The number of aromatic hydroxyl groups is 1. The number of fused-ring (bicyclic) bond motifs is 1. The van der Waals surface area contributed by atoms with Gasteiger partial charge in [-0.2, -0.15) is 0 Å². The standard InChI is InChI=1S/C15H21NO/c17-15-6-3-4-12(10-15)13-7-8-14-5-1-2-9-16(14)11-13/h3-4,6,10,13-14,17H,1-2,5,7-9,11H2/t13-,14-/m0/s1. The SMILES string of the molecule is Oc1cccc([C@H]2CC[C@@H]3CCCCN3C2)c1. The number of phenols is 1. The lowest BCUT2D eigenvalue weighted by Crippen LogP contribution is -2.45. The lowest BCUT2D eigenvalue weighted by molar-refractivity contribution is 0.0959. The molecule has 0 aliphatic carbocycles. The van der Waals surface area contributed by atoms with Crippen molar-refractivity contribution >= 4 is 0 Å². The van der Waals surface area contributed by atoms with Gasteiger partial charge in [0, 0.05) is 12.6 Å². The van der Waals surface area contributed by atoms with Crippen LogP contribution in [-0.4, -0.2) is 29.1 Å². The van der Waals surface area contributed by atoms with Gasteiger partial charge in [0.1, 0.15) is 5.75 Å². The van der Waals surface area contributed by atoms with Crippen LogP contribution in [0.5, 0.6) is 5.75 Å². The van der Waals surface area contributed by atoms with E-state index in [1.807, 2.05) is 12.1 Å². The lowest BCUT2D eigenvalue weighted by Gasteiger charge is -2.42. The number of hydrogen-bond donors (Lipinski definition) is 1. The van der Waals surface area contributed by atoms with Crippen molar-refractivity contribution in [2.24, 2.45) is 0 Å². The number of phenolic OH excluding ortho intramolecular Hbond substituents is 1. The van der Waals surface area contributed by atoms with E-state index in [0.717, 1.165) is 6.04 Å². The molecule has 2 aliphatic heterocycles. The van der Waals surface area contributed by atoms with Gasteiger partial charge in [0.2, 0.25) is 0 Å². The van der Waals surface area contributed by atoms with Crippen LogP contribution in [0.3, 0.4) is 0 Å². The maximum absolute atomic E-state index is 9.56. The highest BCUT2D eigenvalue weighted by molar-refractivity contribution is 5.30. The predicted octanol–water partition coefficient (Wildman–Crippen LogP) is 3.12. The molecule has 0 radical (unpaired) electrons. The normalized spacial score (nSPS) is 29.9. The molecule has 0 bridgehead atoms. The quantitative estimate of drug-likeness (QED) is 0.802. The molecular weight excluding hydrogens is 210 g/mol. The zero-order valence-corrected chi connectivity index (χ0v) is 10.3. The largest absolute Gasteiger partial charge is 0.508 e. The Balaban J connectivity index is 1.73. The van der Waals surface area contributed by atoms with Gasteiger partial charge in [0.05, 0.1) is 0 Å². The fourth-order valence-electron chi connectivity index (χ4n) is 3.45. The van der Waals surface area contributed by atoms with E-state index in [0.29, 0.717) is 11.7 Å². The summed E-state index contributed by atoms with van der Waals surface area (Å²) in [6, 6.07) is 8.67. The first-order valence-electron chi connectivity index (χ1n) is 6.86. The Kier molecular flexibility index (Phi) is 3.06. The van der Waals surface area contributed by atoms with Crippen molar-refractivity contribution in [1.29, 1.82) is 0 Å². The summed E-state index contributed by atoms with van der Waals surface area (Å²) in [6.07, 6.45) is 6.79. The first-order valence-corrected chi connectivity index (χ1v) is 6.86. The highest BCUT2D eigenvalue weighted by Gasteiger charge is 2.30. The third kappa shape index (κ3) is 2.32. The fraction of sp³-hybridized carbons (Fsp3) is 0.600. The molecule has 2 heterocycles. The summed E-state index contributed by atoms with van der Waals surface area (Å²) < 4.78 is 0. The average Bonchev–Trinajstić information content (AvgIpc) is 2.38. The fourth-order valence-corrected chi connectivity index (χ4v) is 3.45. The van der Waals surface area contributed by atoms with Crippen molar-refractivity contribution in [3.8, 4) is 5.75 Å². The Morgan fingerprint density at radius 3 is 2.94 bits per heavy atom. The molecule has 0 amide bonds. The second-order valence-electron chi connectivity index (χ2n) is 5.51. The number of nitrogens with zero attached hydrogens (tertiary/aromatic N) is 1. The molecule has 1 aromatic rings. The molecule has 2 fully saturated rings. The summed E-state index contributed by atoms with van der Waals surface area (Å²) >= 11 is 0. The maximum Gasteiger partial charge on any atom is 0.115 e. The van der Waals surface area contributed by atoms with Crippen LogP contribution in [0.25, 0.3) is 0 Å². The number of hydrogen-bond acceptors (Lipinski definition) is 2. The van der Waals surface area contributed by atoms with Crippen LogP contribution in [0.1, 0.15) is 43.6 Å². The summed E-state index contributed by atoms with van der Waals surface area (Å²) in [5.74, 6) is 1.03. The third-order valence-electron chi connectivity index (χ3n) is 4.39. The minimum Gasteiger partial charge on any atom is -0.508 e. The Bertz CT molecular complexity index is 390. The van der Waals surface area contributed by atoms with E-state index in [4.69, 9.17) is 0 Å². The Labute approximate surface area is 103 Å². The topological polar surface area (TPSA) is 23.5 Å². The van der Waals surface area contributed by atoms with Crippen molar-refractivity contribution in [3.05, 3.63) is 29.8 Å². The second-order valence-corrected chi connectivity index (χ2v) is 5.51. The van der Waals surface area contributed by atoms with E-state index in [9.17, 15) is 5.11 Å². The molecular formula is C15H21NO. The van der Waals surface area contributed by atoms with Crippen molar-refractivity contribution in [2.45, 2.75) is 44.1 Å². The van der Waals surface area contributed by atoms with Crippen molar-refractivity contribution < 1.29 is 5.11 Å². The zero-order valence-electron chi connectivity index (χ0n) is 10.3. The molecule has 2 saturated heterocycles. The number of piperidine rings is 2. The first-order chi connectivity index (χ1) is 8.33.